The summed E-state index contributed by atoms with van der Waals surface area (Å²) < 4.78 is 15.5. The second-order valence-corrected chi connectivity index (χ2v) is 6.53. The van der Waals surface area contributed by atoms with Crippen LogP contribution < -0.4 is 5.56 Å². The third-order valence-corrected chi connectivity index (χ3v) is 4.85. The molecule has 0 fully saturated rings. The van der Waals surface area contributed by atoms with Crippen molar-refractivity contribution in [3.8, 4) is 5.69 Å². The largest absolute Gasteiger partial charge is 0.334 e. The van der Waals surface area contributed by atoms with E-state index < -0.39 is 11.7 Å². The van der Waals surface area contributed by atoms with E-state index in [1.165, 1.54) is 27.8 Å². The number of nitrogens with zero attached hydrogens (tertiary/aromatic N) is 2. The van der Waals surface area contributed by atoms with E-state index >= 15 is 0 Å². The van der Waals surface area contributed by atoms with Gasteiger partial charge in [0.05, 0.1) is 28.4 Å². The molecule has 0 aliphatic carbocycles. The minimum Gasteiger partial charge on any atom is -0.334 e. The molecule has 1 aliphatic rings. The second-order valence-electron chi connectivity index (χ2n) is 6.12. The molecule has 0 unspecified atom stereocenters. The normalized spacial score (nSPS) is 13.5. The molecule has 132 valence electrons. The summed E-state index contributed by atoms with van der Waals surface area (Å²) in [6, 6.07) is 13.3. The van der Waals surface area contributed by atoms with Gasteiger partial charge in [0.25, 0.3) is 11.5 Å². The number of carbonyl (C=O) groups is 1. The Labute approximate surface area is 153 Å². The maximum atomic E-state index is 14.1. The number of halogens is 2. The first-order chi connectivity index (χ1) is 12.6. The summed E-state index contributed by atoms with van der Waals surface area (Å²) in [5.74, 6) is -1.17. The summed E-state index contributed by atoms with van der Waals surface area (Å²) in [5.41, 5.74) is 1.67. The maximum absolute atomic E-state index is 14.1. The van der Waals surface area contributed by atoms with Crippen molar-refractivity contribution in [2.24, 2.45) is 0 Å². The lowest BCUT2D eigenvalue weighted by atomic mass is 10.1. The summed E-state index contributed by atoms with van der Waals surface area (Å²) in [4.78, 5) is 26.9. The fraction of sp³-hybridized carbons (Fsp3) is 0.158. The van der Waals surface area contributed by atoms with Crippen molar-refractivity contribution in [2.75, 3.05) is 6.54 Å². The summed E-state index contributed by atoms with van der Waals surface area (Å²) >= 11 is 6.00. The third kappa shape index (κ3) is 2.72. The Bertz CT molecular complexity index is 1020. The summed E-state index contributed by atoms with van der Waals surface area (Å²) in [7, 11) is 0. The monoisotopic (exact) mass is 371 g/mol. The molecule has 0 saturated heterocycles. The molecule has 4 rings (SSSR count). The number of amides is 1. The first-order valence-corrected chi connectivity index (χ1v) is 8.55. The smallest absolute Gasteiger partial charge is 0.276 e. The Morgan fingerprint density at radius 1 is 1.12 bits per heavy atom. The number of aromatic amines is 1. The molecular formula is C19H15ClFN3O2. The van der Waals surface area contributed by atoms with E-state index in [0.717, 1.165) is 11.4 Å². The first-order valence-electron chi connectivity index (χ1n) is 8.17. The van der Waals surface area contributed by atoms with Crippen LogP contribution in [0.25, 0.3) is 5.69 Å². The Morgan fingerprint density at radius 3 is 2.62 bits per heavy atom. The molecule has 1 N–H and O–H groups in total. The van der Waals surface area contributed by atoms with Gasteiger partial charge in [-0.25, -0.2) is 9.07 Å². The molecule has 5 nitrogen and oxygen atoms in total. The zero-order chi connectivity index (χ0) is 18.3. The van der Waals surface area contributed by atoms with E-state index in [4.69, 9.17) is 11.6 Å². The minimum absolute atomic E-state index is 0.0663. The molecule has 1 amide bonds. The fourth-order valence-electron chi connectivity index (χ4n) is 3.20. The van der Waals surface area contributed by atoms with Crippen molar-refractivity contribution in [2.45, 2.75) is 13.0 Å². The standard InChI is InChI=1S/C19H15ClFN3O2/c20-14-7-4-8-15(21)17(14)19(26)23-10-9-16-13(11-23)18(25)24(22-16)12-5-2-1-3-6-12/h1-8,22H,9-11H2. The average Bonchev–Trinajstić information content (AvgIpc) is 2.98. The van der Waals surface area contributed by atoms with E-state index in [0.29, 0.717) is 18.5 Å². The number of hydrogen-bond donors (Lipinski definition) is 1. The molecule has 3 aromatic rings. The van der Waals surface area contributed by atoms with Crippen LogP contribution in [0.2, 0.25) is 5.02 Å². The third-order valence-electron chi connectivity index (χ3n) is 4.53. The van der Waals surface area contributed by atoms with Gasteiger partial charge in [0.2, 0.25) is 0 Å². The predicted molar refractivity (Wildman–Crippen MR) is 96.2 cm³/mol. The van der Waals surface area contributed by atoms with E-state index in [2.05, 4.69) is 5.10 Å². The van der Waals surface area contributed by atoms with Crippen LogP contribution in [-0.2, 0) is 13.0 Å². The van der Waals surface area contributed by atoms with Gasteiger partial charge >= 0.3 is 0 Å². The molecule has 2 heterocycles. The number of para-hydroxylation sites is 1. The molecule has 2 aromatic carbocycles. The van der Waals surface area contributed by atoms with Gasteiger partial charge in [-0.05, 0) is 24.3 Å². The fourth-order valence-corrected chi connectivity index (χ4v) is 3.44. The highest BCUT2D eigenvalue weighted by atomic mass is 35.5. The van der Waals surface area contributed by atoms with Crippen molar-refractivity contribution >= 4 is 17.5 Å². The van der Waals surface area contributed by atoms with Crippen LogP contribution in [0.3, 0.4) is 0 Å². The highest BCUT2D eigenvalue weighted by Gasteiger charge is 2.29. The summed E-state index contributed by atoms with van der Waals surface area (Å²) in [6.45, 7) is 0.499. The molecule has 0 radical (unpaired) electrons. The lowest BCUT2D eigenvalue weighted by Crippen LogP contribution is -2.38. The van der Waals surface area contributed by atoms with Crippen molar-refractivity contribution in [1.29, 1.82) is 0 Å². The van der Waals surface area contributed by atoms with Crippen molar-refractivity contribution in [1.82, 2.24) is 14.7 Å². The Hall–Kier alpha value is -2.86. The van der Waals surface area contributed by atoms with Crippen molar-refractivity contribution in [3.05, 3.63) is 86.5 Å². The number of H-pyrrole nitrogens is 1. The van der Waals surface area contributed by atoms with E-state index in [9.17, 15) is 14.0 Å². The number of nitrogens with one attached hydrogen (secondary N) is 1. The van der Waals surface area contributed by atoms with Crippen molar-refractivity contribution in [3.63, 3.8) is 0 Å². The van der Waals surface area contributed by atoms with Gasteiger partial charge in [0.1, 0.15) is 5.82 Å². The van der Waals surface area contributed by atoms with Crippen LogP contribution in [0.1, 0.15) is 21.6 Å². The minimum atomic E-state index is -0.663. The molecule has 0 saturated carbocycles. The van der Waals surface area contributed by atoms with Crippen LogP contribution in [0.15, 0.2) is 53.3 Å². The lowest BCUT2D eigenvalue weighted by Gasteiger charge is -2.26. The van der Waals surface area contributed by atoms with E-state index in [1.807, 2.05) is 30.3 Å². The SMILES string of the molecule is O=C(c1c(F)cccc1Cl)N1CCc2[nH]n(-c3ccccc3)c(=O)c2C1. The van der Waals surface area contributed by atoms with Crippen LogP contribution in [0.4, 0.5) is 4.39 Å². The Balaban J connectivity index is 1.68. The maximum Gasteiger partial charge on any atom is 0.276 e. The Kier molecular flexibility index (Phi) is 4.12. The first kappa shape index (κ1) is 16.6. The van der Waals surface area contributed by atoms with Crippen LogP contribution >= 0.6 is 11.6 Å². The number of rotatable bonds is 2. The zero-order valence-electron chi connectivity index (χ0n) is 13.7. The number of benzene rings is 2. The molecule has 0 atom stereocenters. The predicted octanol–water partition coefficient (Wildman–Crippen LogP) is 3.16. The van der Waals surface area contributed by atoms with Gasteiger partial charge in [-0.3, -0.25) is 14.7 Å². The molecule has 1 aromatic heterocycles. The number of fused-ring (bicyclic) bond motifs is 1. The van der Waals surface area contributed by atoms with Gasteiger partial charge in [-0.15, -0.1) is 0 Å². The molecular weight excluding hydrogens is 357 g/mol. The molecule has 1 aliphatic heterocycles. The number of carbonyl (C=O) groups excluding carboxylic acids is 1. The highest BCUT2D eigenvalue weighted by molar-refractivity contribution is 6.33. The lowest BCUT2D eigenvalue weighted by molar-refractivity contribution is 0.0729. The van der Waals surface area contributed by atoms with Gasteiger partial charge in [0.15, 0.2) is 0 Å². The second kappa shape index (κ2) is 6.46. The quantitative estimate of drug-likeness (QED) is 0.752. The molecule has 7 heteroatoms. The van der Waals surface area contributed by atoms with Gasteiger partial charge in [0, 0.05) is 18.7 Å². The van der Waals surface area contributed by atoms with Crippen LogP contribution in [-0.4, -0.2) is 27.1 Å². The average molecular weight is 372 g/mol. The molecule has 26 heavy (non-hydrogen) atoms. The van der Waals surface area contributed by atoms with Gasteiger partial charge in [-0.2, -0.15) is 0 Å². The number of aromatic nitrogens is 2. The molecule has 0 bridgehead atoms. The summed E-state index contributed by atoms with van der Waals surface area (Å²) in [6.07, 6.45) is 0.488. The van der Waals surface area contributed by atoms with E-state index in [1.54, 1.807) is 0 Å². The zero-order valence-corrected chi connectivity index (χ0v) is 14.5. The topological polar surface area (TPSA) is 58.1 Å². The number of hydrogen-bond acceptors (Lipinski definition) is 2. The highest BCUT2D eigenvalue weighted by Crippen LogP contribution is 2.24. The molecule has 0 spiro atoms. The van der Waals surface area contributed by atoms with Crippen LogP contribution in [0, 0.1) is 5.82 Å². The van der Waals surface area contributed by atoms with Crippen LogP contribution in [0.5, 0.6) is 0 Å². The van der Waals surface area contributed by atoms with Gasteiger partial charge in [-0.1, -0.05) is 35.9 Å². The van der Waals surface area contributed by atoms with E-state index in [-0.39, 0.29) is 22.7 Å². The van der Waals surface area contributed by atoms with Crippen molar-refractivity contribution < 1.29 is 9.18 Å². The van der Waals surface area contributed by atoms with Gasteiger partial charge < -0.3 is 4.90 Å². The summed E-state index contributed by atoms with van der Waals surface area (Å²) in [5, 5.41) is 3.17. The Morgan fingerprint density at radius 2 is 1.88 bits per heavy atom.